The van der Waals surface area contributed by atoms with Crippen molar-refractivity contribution < 1.29 is 17.9 Å². The second kappa shape index (κ2) is 8.97. The van der Waals surface area contributed by atoms with Gasteiger partial charge in [0.2, 0.25) is 10.0 Å². The Labute approximate surface area is 172 Å². The fraction of sp³-hybridized carbons (Fsp3) is 0.409. The fourth-order valence-corrected chi connectivity index (χ4v) is 4.96. The summed E-state index contributed by atoms with van der Waals surface area (Å²) in [6.07, 6.45) is 1.18. The maximum Gasteiger partial charge on any atom is 0.251 e. The van der Waals surface area contributed by atoms with Gasteiger partial charge in [0.05, 0.1) is 11.5 Å². The van der Waals surface area contributed by atoms with Crippen LogP contribution >= 0.6 is 0 Å². The van der Waals surface area contributed by atoms with Crippen molar-refractivity contribution in [2.24, 2.45) is 0 Å². The molecule has 6 nitrogen and oxygen atoms in total. The number of hydrogen-bond acceptors (Lipinski definition) is 4. The van der Waals surface area contributed by atoms with E-state index in [0.717, 1.165) is 16.9 Å². The molecule has 1 heterocycles. The van der Waals surface area contributed by atoms with Crippen LogP contribution in [0, 0.1) is 13.8 Å². The van der Waals surface area contributed by atoms with E-state index < -0.39 is 10.0 Å². The molecule has 0 saturated carbocycles. The van der Waals surface area contributed by atoms with Crippen LogP contribution in [0.15, 0.2) is 47.4 Å². The first-order valence-corrected chi connectivity index (χ1v) is 11.4. The summed E-state index contributed by atoms with van der Waals surface area (Å²) in [6, 6.07) is 12.2. The van der Waals surface area contributed by atoms with Gasteiger partial charge in [-0.2, -0.15) is 4.31 Å². The predicted molar refractivity (Wildman–Crippen MR) is 113 cm³/mol. The SMILES string of the molecule is CCOc1ccc(C(=O)NC2CCN(S(=O)(=O)c3ccc(C)c(C)c3)CC2)cc1. The van der Waals surface area contributed by atoms with E-state index in [2.05, 4.69) is 5.32 Å². The highest BCUT2D eigenvalue weighted by atomic mass is 32.2. The maximum absolute atomic E-state index is 12.9. The van der Waals surface area contributed by atoms with E-state index in [9.17, 15) is 13.2 Å². The van der Waals surface area contributed by atoms with Crippen LogP contribution in [0.1, 0.15) is 41.3 Å². The second-order valence-corrected chi connectivity index (χ2v) is 9.29. The molecule has 1 aliphatic rings. The molecule has 2 aromatic carbocycles. The number of aryl methyl sites for hydroxylation is 2. The number of rotatable bonds is 6. The van der Waals surface area contributed by atoms with Crippen LogP contribution in [0.3, 0.4) is 0 Å². The topological polar surface area (TPSA) is 75.7 Å². The summed E-state index contributed by atoms with van der Waals surface area (Å²) in [5.41, 5.74) is 2.60. The zero-order valence-electron chi connectivity index (χ0n) is 17.1. The first-order valence-electron chi connectivity index (χ1n) is 9.92. The Kier molecular flexibility index (Phi) is 6.59. The fourth-order valence-electron chi connectivity index (χ4n) is 3.40. The lowest BCUT2D eigenvalue weighted by Gasteiger charge is -2.31. The van der Waals surface area contributed by atoms with E-state index in [0.29, 0.717) is 43.0 Å². The summed E-state index contributed by atoms with van der Waals surface area (Å²) >= 11 is 0. The average Bonchev–Trinajstić information content (AvgIpc) is 2.71. The Hall–Kier alpha value is -2.38. The molecule has 156 valence electrons. The third-order valence-electron chi connectivity index (χ3n) is 5.33. The summed E-state index contributed by atoms with van der Waals surface area (Å²) in [5.74, 6) is 0.581. The minimum Gasteiger partial charge on any atom is -0.494 e. The largest absolute Gasteiger partial charge is 0.494 e. The Morgan fingerprint density at radius 3 is 2.31 bits per heavy atom. The van der Waals surface area contributed by atoms with E-state index in [-0.39, 0.29) is 11.9 Å². The molecule has 2 aromatic rings. The van der Waals surface area contributed by atoms with E-state index in [4.69, 9.17) is 4.74 Å². The van der Waals surface area contributed by atoms with Gasteiger partial charge in [0.15, 0.2) is 0 Å². The molecule has 1 amide bonds. The van der Waals surface area contributed by atoms with Crippen LogP contribution in [0.2, 0.25) is 0 Å². The van der Waals surface area contributed by atoms with E-state index >= 15 is 0 Å². The average molecular weight is 417 g/mol. The summed E-state index contributed by atoms with van der Waals surface area (Å²) in [6.45, 7) is 7.15. The van der Waals surface area contributed by atoms with Gasteiger partial charge in [0, 0.05) is 24.7 Å². The number of hydrogen-bond donors (Lipinski definition) is 1. The zero-order chi connectivity index (χ0) is 21.0. The van der Waals surface area contributed by atoms with Gasteiger partial charge in [-0.15, -0.1) is 0 Å². The highest BCUT2D eigenvalue weighted by Crippen LogP contribution is 2.23. The number of piperidine rings is 1. The van der Waals surface area contributed by atoms with Gasteiger partial charge >= 0.3 is 0 Å². The van der Waals surface area contributed by atoms with Crippen LogP contribution in [0.25, 0.3) is 0 Å². The van der Waals surface area contributed by atoms with E-state index in [1.54, 1.807) is 36.4 Å². The minimum absolute atomic E-state index is 0.0414. The molecular formula is C22H28N2O4S. The Balaban J connectivity index is 1.58. The Morgan fingerprint density at radius 2 is 1.72 bits per heavy atom. The monoisotopic (exact) mass is 416 g/mol. The van der Waals surface area contributed by atoms with Crippen LogP contribution in [-0.4, -0.2) is 44.4 Å². The molecule has 1 fully saturated rings. The zero-order valence-corrected chi connectivity index (χ0v) is 18.0. The van der Waals surface area contributed by atoms with Crippen LogP contribution in [0.4, 0.5) is 0 Å². The van der Waals surface area contributed by atoms with Gasteiger partial charge in [-0.25, -0.2) is 8.42 Å². The van der Waals surface area contributed by atoms with Crippen LogP contribution in [-0.2, 0) is 10.0 Å². The molecular weight excluding hydrogens is 388 g/mol. The molecule has 0 aromatic heterocycles. The van der Waals surface area contributed by atoms with Crippen molar-refractivity contribution in [2.45, 2.75) is 44.6 Å². The first kappa shape index (κ1) is 21.3. The van der Waals surface area contributed by atoms with Crippen LogP contribution in [0.5, 0.6) is 5.75 Å². The molecule has 0 atom stereocenters. The Bertz CT molecular complexity index is 963. The normalized spacial score (nSPS) is 15.8. The quantitative estimate of drug-likeness (QED) is 0.784. The molecule has 0 aliphatic carbocycles. The molecule has 0 bridgehead atoms. The van der Waals surface area contributed by atoms with Gasteiger partial charge in [0.1, 0.15) is 5.75 Å². The molecule has 0 spiro atoms. The third-order valence-corrected chi connectivity index (χ3v) is 7.23. The predicted octanol–water partition coefficient (Wildman–Crippen LogP) is 3.29. The summed E-state index contributed by atoms with van der Waals surface area (Å²) in [5, 5.41) is 3.01. The lowest BCUT2D eigenvalue weighted by Crippen LogP contribution is -2.46. The Morgan fingerprint density at radius 1 is 1.07 bits per heavy atom. The minimum atomic E-state index is -3.51. The first-order chi connectivity index (χ1) is 13.8. The van der Waals surface area contributed by atoms with Gasteiger partial charge in [-0.3, -0.25) is 4.79 Å². The smallest absolute Gasteiger partial charge is 0.251 e. The van der Waals surface area contributed by atoms with Crippen molar-refractivity contribution in [3.63, 3.8) is 0 Å². The third kappa shape index (κ3) is 4.97. The van der Waals surface area contributed by atoms with Gasteiger partial charge in [-0.05, 0) is 81.1 Å². The number of carbonyl (C=O) groups excluding carboxylic acids is 1. The standard InChI is InChI=1S/C22H28N2O4S/c1-4-28-20-8-6-18(7-9-20)22(25)23-19-11-13-24(14-12-19)29(26,27)21-10-5-16(2)17(3)15-21/h5-10,15,19H,4,11-14H2,1-3H3,(H,23,25). The second-order valence-electron chi connectivity index (χ2n) is 7.36. The van der Waals surface area contributed by atoms with Crippen molar-refractivity contribution in [3.8, 4) is 5.75 Å². The lowest BCUT2D eigenvalue weighted by molar-refractivity contribution is 0.0924. The highest BCUT2D eigenvalue weighted by Gasteiger charge is 2.30. The molecule has 1 saturated heterocycles. The van der Waals surface area contributed by atoms with Gasteiger partial charge < -0.3 is 10.1 Å². The van der Waals surface area contributed by atoms with E-state index in [1.807, 2.05) is 26.8 Å². The molecule has 0 radical (unpaired) electrons. The number of nitrogens with zero attached hydrogens (tertiary/aromatic N) is 1. The van der Waals surface area contributed by atoms with Crippen molar-refractivity contribution in [1.29, 1.82) is 0 Å². The van der Waals surface area contributed by atoms with Crippen molar-refractivity contribution >= 4 is 15.9 Å². The number of sulfonamides is 1. The molecule has 0 unspecified atom stereocenters. The number of carbonyl (C=O) groups is 1. The van der Waals surface area contributed by atoms with Crippen LogP contribution < -0.4 is 10.1 Å². The van der Waals surface area contributed by atoms with Gasteiger partial charge in [-0.1, -0.05) is 6.07 Å². The van der Waals surface area contributed by atoms with Gasteiger partial charge in [0.25, 0.3) is 5.91 Å². The molecule has 1 aliphatic heterocycles. The van der Waals surface area contributed by atoms with Crippen molar-refractivity contribution in [1.82, 2.24) is 9.62 Å². The molecule has 7 heteroatoms. The number of amides is 1. The summed E-state index contributed by atoms with van der Waals surface area (Å²) in [4.78, 5) is 12.8. The lowest BCUT2D eigenvalue weighted by atomic mass is 10.1. The number of benzene rings is 2. The summed E-state index contributed by atoms with van der Waals surface area (Å²) < 4.78 is 32.7. The van der Waals surface area contributed by atoms with Crippen molar-refractivity contribution in [3.05, 3.63) is 59.2 Å². The highest BCUT2D eigenvalue weighted by molar-refractivity contribution is 7.89. The number of nitrogens with one attached hydrogen (secondary N) is 1. The summed E-state index contributed by atoms with van der Waals surface area (Å²) in [7, 11) is -3.51. The molecule has 3 rings (SSSR count). The number of ether oxygens (including phenoxy) is 1. The van der Waals surface area contributed by atoms with E-state index in [1.165, 1.54) is 4.31 Å². The van der Waals surface area contributed by atoms with Crippen molar-refractivity contribution in [2.75, 3.05) is 19.7 Å². The maximum atomic E-state index is 12.9. The molecule has 29 heavy (non-hydrogen) atoms. The molecule has 1 N–H and O–H groups in total.